The SMILES string of the molecule is CCOc1ccc(-c2csc(NC(=O)c3cnn(C(C)C)c3C(F)(F)F)n2)cc1. The van der Waals surface area contributed by atoms with E-state index < -0.39 is 29.4 Å². The van der Waals surface area contributed by atoms with Crippen molar-refractivity contribution in [3.05, 3.63) is 47.1 Å². The van der Waals surface area contributed by atoms with Crippen LogP contribution in [0, 0.1) is 0 Å². The van der Waals surface area contributed by atoms with E-state index >= 15 is 0 Å². The van der Waals surface area contributed by atoms with E-state index in [2.05, 4.69) is 15.4 Å². The summed E-state index contributed by atoms with van der Waals surface area (Å²) in [6.07, 6.45) is -3.77. The first-order valence-electron chi connectivity index (χ1n) is 8.85. The van der Waals surface area contributed by atoms with Crippen LogP contribution in [0.15, 0.2) is 35.8 Å². The molecule has 0 bridgehead atoms. The lowest BCUT2D eigenvalue weighted by Crippen LogP contribution is -2.22. The van der Waals surface area contributed by atoms with Gasteiger partial charge in [-0.15, -0.1) is 11.3 Å². The molecule has 1 amide bonds. The number of benzene rings is 1. The Morgan fingerprint density at radius 1 is 1.28 bits per heavy atom. The summed E-state index contributed by atoms with van der Waals surface area (Å²) in [5, 5.41) is 8.08. The molecule has 0 saturated carbocycles. The molecule has 0 unspecified atom stereocenters. The highest BCUT2D eigenvalue weighted by molar-refractivity contribution is 7.14. The first-order chi connectivity index (χ1) is 13.7. The molecule has 0 fully saturated rings. The van der Waals surface area contributed by atoms with Crippen molar-refractivity contribution < 1.29 is 22.7 Å². The maximum absolute atomic E-state index is 13.5. The van der Waals surface area contributed by atoms with E-state index in [9.17, 15) is 18.0 Å². The van der Waals surface area contributed by atoms with Gasteiger partial charge in [-0.1, -0.05) is 0 Å². The van der Waals surface area contributed by atoms with Crippen molar-refractivity contribution in [1.82, 2.24) is 14.8 Å². The molecule has 3 rings (SSSR count). The molecule has 0 aliphatic rings. The van der Waals surface area contributed by atoms with Crippen molar-refractivity contribution in [2.75, 3.05) is 11.9 Å². The number of ether oxygens (including phenoxy) is 1. The van der Waals surface area contributed by atoms with Gasteiger partial charge in [-0.25, -0.2) is 4.98 Å². The van der Waals surface area contributed by atoms with Gasteiger partial charge >= 0.3 is 6.18 Å². The highest BCUT2D eigenvalue weighted by atomic mass is 32.1. The maximum Gasteiger partial charge on any atom is 0.433 e. The number of nitrogens with zero attached hydrogens (tertiary/aromatic N) is 3. The molecule has 6 nitrogen and oxygen atoms in total. The van der Waals surface area contributed by atoms with E-state index in [0.717, 1.165) is 33.5 Å². The van der Waals surface area contributed by atoms with Crippen LogP contribution in [-0.2, 0) is 6.18 Å². The molecule has 0 radical (unpaired) electrons. The normalized spacial score (nSPS) is 11.7. The summed E-state index contributed by atoms with van der Waals surface area (Å²) in [7, 11) is 0. The van der Waals surface area contributed by atoms with Crippen LogP contribution in [0.25, 0.3) is 11.3 Å². The molecule has 0 saturated heterocycles. The number of anilines is 1. The molecule has 154 valence electrons. The van der Waals surface area contributed by atoms with Crippen molar-refractivity contribution in [3.63, 3.8) is 0 Å². The minimum atomic E-state index is -4.70. The summed E-state index contributed by atoms with van der Waals surface area (Å²) in [6.45, 7) is 5.57. The van der Waals surface area contributed by atoms with E-state index in [-0.39, 0.29) is 5.13 Å². The summed E-state index contributed by atoms with van der Waals surface area (Å²) < 4.78 is 46.5. The Labute approximate surface area is 169 Å². The number of hydrogen-bond acceptors (Lipinski definition) is 5. The topological polar surface area (TPSA) is 69.0 Å². The van der Waals surface area contributed by atoms with Crippen molar-refractivity contribution in [3.8, 4) is 17.0 Å². The number of thiazole rings is 1. The number of carbonyl (C=O) groups excluding carboxylic acids is 1. The number of amides is 1. The average molecular weight is 424 g/mol. The highest BCUT2D eigenvalue weighted by Gasteiger charge is 2.40. The largest absolute Gasteiger partial charge is 0.494 e. The Morgan fingerprint density at radius 3 is 2.55 bits per heavy atom. The van der Waals surface area contributed by atoms with E-state index in [1.807, 2.05) is 19.1 Å². The molecule has 0 aliphatic heterocycles. The van der Waals surface area contributed by atoms with E-state index in [4.69, 9.17) is 4.74 Å². The molecule has 29 heavy (non-hydrogen) atoms. The van der Waals surface area contributed by atoms with E-state index in [1.54, 1.807) is 31.4 Å². The first-order valence-corrected chi connectivity index (χ1v) is 9.73. The van der Waals surface area contributed by atoms with Crippen molar-refractivity contribution in [2.45, 2.75) is 33.0 Å². The monoisotopic (exact) mass is 424 g/mol. The van der Waals surface area contributed by atoms with Gasteiger partial charge in [0.2, 0.25) is 0 Å². The van der Waals surface area contributed by atoms with Crippen LogP contribution >= 0.6 is 11.3 Å². The quantitative estimate of drug-likeness (QED) is 0.586. The number of carbonyl (C=O) groups is 1. The predicted octanol–water partition coefficient (Wildman–Crippen LogP) is 5.26. The molecule has 0 aliphatic carbocycles. The second-order valence-corrected chi connectivity index (χ2v) is 7.25. The number of rotatable bonds is 6. The standard InChI is InChI=1S/C19H19F3N4O2S/c1-4-28-13-7-5-12(6-8-13)15-10-29-18(24-15)25-17(27)14-9-23-26(11(2)3)16(14)19(20,21)22/h5-11H,4H2,1-3H3,(H,24,25,27). The van der Waals surface area contributed by atoms with Crippen LogP contribution in [0.5, 0.6) is 5.75 Å². The summed E-state index contributed by atoms with van der Waals surface area (Å²) in [5.41, 5.74) is -0.214. The zero-order valence-corrected chi connectivity index (χ0v) is 16.8. The number of halogens is 3. The Kier molecular flexibility index (Phi) is 5.92. The lowest BCUT2D eigenvalue weighted by Gasteiger charge is -2.14. The fourth-order valence-corrected chi connectivity index (χ4v) is 3.43. The number of nitrogens with one attached hydrogen (secondary N) is 1. The third-order valence-corrected chi connectivity index (χ3v) is 4.74. The number of aromatic nitrogens is 3. The van der Waals surface area contributed by atoms with Crippen LogP contribution in [0.4, 0.5) is 18.3 Å². The minimum absolute atomic E-state index is 0.198. The predicted molar refractivity (Wildman–Crippen MR) is 104 cm³/mol. The van der Waals surface area contributed by atoms with Gasteiger partial charge in [-0.2, -0.15) is 18.3 Å². The zero-order valence-electron chi connectivity index (χ0n) is 15.9. The van der Waals surface area contributed by atoms with Crippen molar-refractivity contribution in [1.29, 1.82) is 0 Å². The molecule has 2 aromatic heterocycles. The van der Waals surface area contributed by atoms with Gasteiger partial charge in [-0.3, -0.25) is 14.8 Å². The van der Waals surface area contributed by atoms with Gasteiger partial charge < -0.3 is 4.74 Å². The summed E-state index contributed by atoms with van der Waals surface area (Å²) in [4.78, 5) is 16.8. The fourth-order valence-electron chi connectivity index (χ4n) is 2.72. The highest BCUT2D eigenvalue weighted by Crippen LogP contribution is 2.34. The Balaban J connectivity index is 1.81. The van der Waals surface area contributed by atoms with E-state index in [1.165, 1.54) is 0 Å². The van der Waals surface area contributed by atoms with Crippen molar-refractivity contribution in [2.24, 2.45) is 0 Å². The lowest BCUT2D eigenvalue weighted by molar-refractivity contribution is -0.145. The minimum Gasteiger partial charge on any atom is -0.494 e. The lowest BCUT2D eigenvalue weighted by atomic mass is 10.2. The first kappa shape index (κ1) is 20.8. The molecule has 1 N–H and O–H groups in total. The van der Waals surface area contributed by atoms with Gasteiger partial charge in [0.05, 0.1) is 24.1 Å². The third kappa shape index (κ3) is 4.58. The number of alkyl halides is 3. The van der Waals surface area contributed by atoms with Gasteiger partial charge in [-0.05, 0) is 45.0 Å². The second kappa shape index (κ2) is 8.24. The van der Waals surface area contributed by atoms with Gasteiger partial charge in [0.15, 0.2) is 10.8 Å². The van der Waals surface area contributed by atoms with Crippen LogP contribution in [0.2, 0.25) is 0 Å². The molecule has 0 atom stereocenters. The molecule has 3 aromatic rings. The van der Waals surface area contributed by atoms with Gasteiger partial charge in [0.25, 0.3) is 5.91 Å². The zero-order chi connectivity index (χ0) is 21.2. The Hall–Kier alpha value is -2.88. The van der Waals surface area contributed by atoms with E-state index in [0.29, 0.717) is 12.3 Å². The average Bonchev–Trinajstić information content (AvgIpc) is 3.29. The molecule has 0 spiro atoms. The number of hydrogen-bond donors (Lipinski definition) is 1. The van der Waals surface area contributed by atoms with Crippen LogP contribution < -0.4 is 10.1 Å². The van der Waals surface area contributed by atoms with Gasteiger partial charge in [0.1, 0.15) is 5.75 Å². The molecule has 10 heteroatoms. The van der Waals surface area contributed by atoms with Crippen LogP contribution in [-0.4, -0.2) is 27.3 Å². The Bertz CT molecular complexity index is 994. The van der Waals surface area contributed by atoms with Gasteiger partial charge in [0, 0.05) is 17.0 Å². The summed E-state index contributed by atoms with van der Waals surface area (Å²) in [5.74, 6) is -0.182. The molecular weight excluding hydrogens is 405 g/mol. The Morgan fingerprint density at radius 2 is 1.97 bits per heavy atom. The maximum atomic E-state index is 13.5. The molecular formula is C19H19F3N4O2S. The van der Waals surface area contributed by atoms with Crippen molar-refractivity contribution >= 4 is 22.4 Å². The smallest absolute Gasteiger partial charge is 0.433 e. The third-order valence-electron chi connectivity index (χ3n) is 3.98. The van der Waals surface area contributed by atoms with Crippen LogP contribution in [0.1, 0.15) is 42.9 Å². The molecule has 2 heterocycles. The second-order valence-electron chi connectivity index (χ2n) is 6.39. The summed E-state index contributed by atoms with van der Waals surface area (Å²) in [6, 6.07) is 6.69. The fraction of sp³-hybridized carbons (Fsp3) is 0.316. The summed E-state index contributed by atoms with van der Waals surface area (Å²) >= 11 is 1.13. The van der Waals surface area contributed by atoms with Crippen LogP contribution in [0.3, 0.4) is 0 Å². The molecule has 1 aromatic carbocycles.